The van der Waals surface area contributed by atoms with Crippen LogP contribution in [0.1, 0.15) is 11.6 Å². The molecule has 0 bridgehead atoms. The van der Waals surface area contributed by atoms with Gasteiger partial charge in [0.05, 0.1) is 13.2 Å². The van der Waals surface area contributed by atoms with Gasteiger partial charge in [-0.2, -0.15) is 0 Å². The van der Waals surface area contributed by atoms with E-state index < -0.39 is 18.0 Å². The number of hydrogen-bond donors (Lipinski definition) is 1. The van der Waals surface area contributed by atoms with Crippen LogP contribution >= 0.6 is 12.4 Å². The molecule has 1 aromatic rings. The predicted molar refractivity (Wildman–Crippen MR) is 57.4 cm³/mol. The van der Waals surface area contributed by atoms with E-state index in [0.717, 1.165) is 0 Å². The van der Waals surface area contributed by atoms with E-state index in [1.807, 2.05) is 0 Å². The third-order valence-corrected chi connectivity index (χ3v) is 2.26. The molecule has 6 heteroatoms. The summed E-state index contributed by atoms with van der Waals surface area (Å²) in [5.41, 5.74) is 0.375. The number of nitrogens with one attached hydrogen (secondary N) is 1. The second-order valence-corrected chi connectivity index (χ2v) is 3.16. The van der Waals surface area contributed by atoms with Gasteiger partial charge in [-0.25, -0.2) is 9.18 Å². The highest BCUT2D eigenvalue weighted by Crippen LogP contribution is 2.26. The zero-order valence-electron chi connectivity index (χ0n) is 8.53. The van der Waals surface area contributed by atoms with Crippen molar-refractivity contribution in [2.75, 3.05) is 13.7 Å². The lowest BCUT2D eigenvalue weighted by atomic mass is 10.1. The molecule has 1 amide bonds. The molecule has 4 nitrogen and oxygen atoms in total. The summed E-state index contributed by atoms with van der Waals surface area (Å²) < 4.78 is 23.3. The Labute approximate surface area is 98.1 Å². The molecule has 0 radical (unpaired) electrons. The molecule has 0 spiro atoms. The number of cyclic esters (lactones) is 1. The van der Waals surface area contributed by atoms with Crippen LogP contribution < -0.4 is 10.1 Å². The van der Waals surface area contributed by atoms with Crippen molar-refractivity contribution in [2.24, 2.45) is 0 Å². The predicted octanol–water partition coefficient (Wildman–Crippen LogP) is 2.04. The molecule has 0 unspecified atom stereocenters. The first-order chi connectivity index (χ1) is 7.22. The number of alkyl carbamates (subject to hydrolysis) is 1. The van der Waals surface area contributed by atoms with E-state index in [1.165, 1.54) is 13.2 Å². The van der Waals surface area contributed by atoms with Crippen molar-refractivity contribution < 1.29 is 18.7 Å². The topological polar surface area (TPSA) is 47.6 Å². The zero-order valence-corrected chi connectivity index (χ0v) is 9.34. The largest absolute Gasteiger partial charge is 0.494 e. The summed E-state index contributed by atoms with van der Waals surface area (Å²) in [7, 11) is 1.39. The Morgan fingerprint density at radius 2 is 2.31 bits per heavy atom. The molecule has 1 aliphatic heterocycles. The van der Waals surface area contributed by atoms with Gasteiger partial charge in [-0.3, -0.25) is 0 Å². The smallest absolute Gasteiger partial charge is 0.407 e. The molecule has 1 N–H and O–H groups in total. The second kappa shape index (κ2) is 5.03. The molecule has 0 saturated carbocycles. The van der Waals surface area contributed by atoms with Crippen LogP contribution in [-0.2, 0) is 4.74 Å². The second-order valence-electron chi connectivity index (χ2n) is 3.16. The lowest BCUT2D eigenvalue weighted by molar-refractivity contribution is 0.176. The fourth-order valence-corrected chi connectivity index (χ4v) is 1.51. The molecule has 1 aliphatic rings. The summed E-state index contributed by atoms with van der Waals surface area (Å²) in [5, 5.41) is 2.51. The van der Waals surface area contributed by atoms with Crippen LogP contribution in [0, 0.1) is 5.82 Å². The van der Waals surface area contributed by atoms with Crippen molar-refractivity contribution in [2.45, 2.75) is 6.04 Å². The van der Waals surface area contributed by atoms with Crippen LogP contribution in [0.15, 0.2) is 18.2 Å². The number of benzene rings is 1. The maximum absolute atomic E-state index is 13.7. The van der Waals surface area contributed by atoms with Crippen LogP contribution in [0.3, 0.4) is 0 Å². The van der Waals surface area contributed by atoms with E-state index >= 15 is 0 Å². The molecule has 0 aromatic heterocycles. The number of halogens is 2. The summed E-state index contributed by atoms with van der Waals surface area (Å²) in [4.78, 5) is 10.8. The van der Waals surface area contributed by atoms with Crippen LogP contribution in [0.2, 0.25) is 0 Å². The molecular formula is C10H11ClFNO3. The first-order valence-electron chi connectivity index (χ1n) is 4.48. The van der Waals surface area contributed by atoms with Crippen LogP contribution in [0.5, 0.6) is 5.75 Å². The van der Waals surface area contributed by atoms with E-state index in [1.54, 1.807) is 12.1 Å². The molecular weight excluding hydrogens is 237 g/mol. The third kappa shape index (κ3) is 2.19. The fourth-order valence-electron chi connectivity index (χ4n) is 1.51. The maximum Gasteiger partial charge on any atom is 0.407 e. The Morgan fingerprint density at radius 1 is 1.56 bits per heavy atom. The average Bonchev–Trinajstić information content (AvgIpc) is 2.65. The highest BCUT2D eigenvalue weighted by Gasteiger charge is 2.27. The molecule has 1 atom stereocenters. The summed E-state index contributed by atoms with van der Waals surface area (Å²) in [5.74, 6) is -0.301. The minimum Gasteiger partial charge on any atom is -0.494 e. The quantitative estimate of drug-likeness (QED) is 0.870. The number of hydrogen-bond acceptors (Lipinski definition) is 3. The maximum atomic E-state index is 13.7. The molecule has 16 heavy (non-hydrogen) atoms. The van der Waals surface area contributed by atoms with Gasteiger partial charge in [0, 0.05) is 5.56 Å². The standard InChI is InChI=1S/C10H10FNO3.ClH/c1-14-8-4-2-3-6(9(8)11)7-5-15-10(13)12-7;/h2-4,7H,5H2,1H3,(H,12,13);1H/t7-;/m0./s1. The van der Waals surface area contributed by atoms with Crippen molar-refractivity contribution in [1.82, 2.24) is 5.32 Å². The molecule has 1 heterocycles. The molecule has 1 aromatic carbocycles. The number of amides is 1. The minimum absolute atomic E-state index is 0. The number of carbonyl (C=O) groups is 1. The Morgan fingerprint density at radius 3 is 2.88 bits per heavy atom. The highest BCUT2D eigenvalue weighted by atomic mass is 35.5. The number of methoxy groups -OCH3 is 1. The lowest BCUT2D eigenvalue weighted by Crippen LogP contribution is -2.19. The first-order valence-corrected chi connectivity index (χ1v) is 4.48. The monoisotopic (exact) mass is 247 g/mol. The van der Waals surface area contributed by atoms with Crippen molar-refractivity contribution in [3.05, 3.63) is 29.6 Å². The normalized spacial score (nSPS) is 18.4. The number of rotatable bonds is 2. The van der Waals surface area contributed by atoms with E-state index in [9.17, 15) is 9.18 Å². The number of carbonyl (C=O) groups excluding carboxylic acids is 1. The summed E-state index contributed by atoms with van der Waals surface area (Å²) in [6, 6.07) is 4.35. The van der Waals surface area contributed by atoms with Gasteiger partial charge in [0.25, 0.3) is 0 Å². The van der Waals surface area contributed by atoms with Crippen molar-refractivity contribution >= 4 is 18.5 Å². The van der Waals surface area contributed by atoms with Crippen LogP contribution in [-0.4, -0.2) is 19.8 Å². The molecule has 1 fully saturated rings. The summed E-state index contributed by atoms with van der Waals surface area (Å²) >= 11 is 0. The van der Waals surface area contributed by atoms with E-state index in [0.29, 0.717) is 5.56 Å². The molecule has 1 saturated heterocycles. The SMILES string of the molecule is COc1cccc([C@@H]2COC(=O)N2)c1F.Cl. The van der Waals surface area contributed by atoms with Gasteiger partial charge in [-0.1, -0.05) is 12.1 Å². The van der Waals surface area contributed by atoms with Gasteiger partial charge >= 0.3 is 6.09 Å². The van der Waals surface area contributed by atoms with Gasteiger partial charge < -0.3 is 14.8 Å². The van der Waals surface area contributed by atoms with Crippen LogP contribution in [0.25, 0.3) is 0 Å². The van der Waals surface area contributed by atoms with Crippen molar-refractivity contribution in [3.8, 4) is 5.75 Å². The summed E-state index contributed by atoms with van der Waals surface area (Å²) in [6.45, 7) is 0.142. The van der Waals surface area contributed by atoms with E-state index in [4.69, 9.17) is 9.47 Å². The van der Waals surface area contributed by atoms with Crippen molar-refractivity contribution in [1.29, 1.82) is 0 Å². The highest BCUT2D eigenvalue weighted by molar-refractivity contribution is 5.85. The van der Waals surface area contributed by atoms with E-state index in [-0.39, 0.29) is 24.8 Å². The Balaban J connectivity index is 0.00000128. The zero-order chi connectivity index (χ0) is 10.8. The summed E-state index contributed by atoms with van der Waals surface area (Å²) in [6.07, 6.45) is -0.526. The fraction of sp³-hybridized carbons (Fsp3) is 0.300. The molecule has 0 aliphatic carbocycles. The van der Waals surface area contributed by atoms with Gasteiger partial charge in [0.15, 0.2) is 11.6 Å². The molecule has 2 rings (SSSR count). The Hall–Kier alpha value is -1.49. The Bertz CT molecular complexity index is 400. The minimum atomic E-state index is -0.526. The van der Waals surface area contributed by atoms with Crippen molar-refractivity contribution in [3.63, 3.8) is 0 Å². The first kappa shape index (κ1) is 12.6. The van der Waals surface area contributed by atoms with Gasteiger partial charge in [0.2, 0.25) is 0 Å². The Kier molecular flexibility index (Phi) is 3.95. The van der Waals surface area contributed by atoms with E-state index in [2.05, 4.69) is 5.32 Å². The van der Waals surface area contributed by atoms with Gasteiger partial charge in [-0.15, -0.1) is 12.4 Å². The average molecular weight is 248 g/mol. The number of ether oxygens (including phenoxy) is 2. The van der Waals surface area contributed by atoms with Crippen LogP contribution in [0.4, 0.5) is 9.18 Å². The van der Waals surface area contributed by atoms with Gasteiger partial charge in [-0.05, 0) is 6.07 Å². The molecule has 88 valence electrons. The third-order valence-electron chi connectivity index (χ3n) is 2.26. The lowest BCUT2D eigenvalue weighted by Gasteiger charge is -2.11. The van der Waals surface area contributed by atoms with Gasteiger partial charge in [0.1, 0.15) is 6.61 Å².